The zero-order chi connectivity index (χ0) is 27.8. The largest absolute Gasteiger partial charge is 0.444 e. The lowest BCUT2D eigenvalue weighted by atomic mass is 9.93. The van der Waals surface area contributed by atoms with Gasteiger partial charge in [-0.1, -0.05) is 58.2 Å². The monoisotopic (exact) mass is 515 g/mol. The summed E-state index contributed by atoms with van der Waals surface area (Å²) < 4.78 is 5.46. The highest BCUT2D eigenvalue weighted by Crippen LogP contribution is 2.27. The lowest BCUT2D eigenvalue weighted by Gasteiger charge is -2.36. The van der Waals surface area contributed by atoms with Crippen molar-refractivity contribution in [1.82, 2.24) is 15.5 Å². The van der Waals surface area contributed by atoms with Gasteiger partial charge in [-0.05, 0) is 82.9 Å². The standard InChI is InChI=1S/C30H49N3O4/c1-9-17-33(28(35)25(18-20(2)3)32-29(36)37-30(6,7)8)26(23-16-15-21(4)22(5)19-23)27(34)31-24-13-11-10-12-14-24/h15-16,19-20,24-26H,9-14,17-18H2,1-8H3,(H,31,34)(H,32,36). The molecule has 2 rings (SSSR count). The predicted molar refractivity (Wildman–Crippen MR) is 148 cm³/mol. The summed E-state index contributed by atoms with van der Waals surface area (Å²) in [7, 11) is 0. The highest BCUT2D eigenvalue weighted by molar-refractivity contribution is 5.92. The fraction of sp³-hybridized carbons (Fsp3) is 0.700. The average Bonchev–Trinajstić information content (AvgIpc) is 2.79. The van der Waals surface area contributed by atoms with Crippen LogP contribution < -0.4 is 10.6 Å². The summed E-state index contributed by atoms with van der Waals surface area (Å²) in [6.45, 7) is 15.9. The van der Waals surface area contributed by atoms with Gasteiger partial charge < -0.3 is 20.3 Å². The minimum Gasteiger partial charge on any atom is -0.444 e. The fourth-order valence-electron chi connectivity index (χ4n) is 4.88. The smallest absolute Gasteiger partial charge is 0.408 e. The second-order valence-electron chi connectivity index (χ2n) is 11.9. The SMILES string of the molecule is CCCN(C(=O)C(CC(C)C)NC(=O)OC(C)(C)C)C(C(=O)NC1CCCCC1)c1ccc(C)c(C)c1. The summed E-state index contributed by atoms with van der Waals surface area (Å²) in [5.41, 5.74) is 2.31. The lowest BCUT2D eigenvalue weighted by Crippen LogP contribution is -2.54. The number of hydrogen-bond donors (Lipinski definition) is 2. The Morgan fingerprint density at radius 3 is 2.24 bits per heavy atom. The van der Waals surface area contributed by atoms with Gasteiger partial charge in [-0.2, -0.15) is 0 Å². The average molecular weight is 516 g/mol. The minimum absolute atomic E-state index is 0.125. The first-order valence-electron chi connectivity index (χ1n) is 14.0. The second kappa shape index (κ2) is 13.8. The Balaban J connectivity index is 2.45. The van der Waals surface area contributed by atoms with E-state index in [1.54, 1.807) is 25.7 Å². The molecule has 0 radical (unpaired) electrons. The third-order valence-corrected chi connectivity index (χ3v) is 6.80. The van der Waals surface area contributed by atoms with Crippen molar-refractivity contribution in [1.29, 1.82) is 0 Å². The molecule has 0 aromatic heterocycles. The summed E-state index contributed by atoms with van der Waals surface area (Å²) in [6.07, 6.45) is 5.83. The highest BCUT2D eigenvalue weighted by atomic mass is 16.6. The molecule has 1 aliphatic rings. The number of carbonyl (C=O) groups is 3. The maximum absolute atomic E-state index is 14.1. The first kappa shape index (κ1) is 30.7. The molecule has 0 bridgehead atoms. The van der Waals surface area contributed by atoms with Gasteiger partial charge in [0.1, 0.15) is 17.7 Å². The van der Waals surface area contributed by atoms with Gasteiger partial charge in [0.25, 0.3) is 0 Å². The molecule has 2 unspecified atom stereocenters. The Hall–Kier alpha value is -2.57. The number of nitrogens with one attached hydrogen (secondary N) is 2. The Morgan fingerprint density at radius 2 is 1.70 bits per heavy atom. The van der Waals surface area contributed by atoms with Gasteiger partial charge in [0.15, 0.2) is 0 Å². The Labute approximate surface area is 224 Å². The summed E-state index contributed by atoms with van der Waals surface area (Å²) in [6, 6.07) is 4.52. The molecule has 0 spiro atoms. The van der Waals surface area contributed by atoms with Crippen molar-refractivity contribution in [3.05, 3.63) is 34.9 Å². The Bertz CT molecular complexity index is 916. The van der Waals surface area contributed by atoms with Gasteiger partial charge in [0.05, 0.1) is 0 Å². The van der Waals surface area contributed by atoms with Crippen LogP contribution in [0.3, 0.4) is 0 Å². The molecule has 7 nitrogen and oxygen atoms in total. The maximum atomic E-state index is 14.1. The molecular weight excluding hydrogens is 466 g/mol. The van der Waals surface area contributed by atoms with E-state index in [0.717, 1.165) is 42.4 Å². The molecule has 208 valence electrons. The van der Waals surface area contributed by atoms with E-state index in [9.17, 15) is 14.4 Å². The molecule has 7 heteroatoms. The molecule has 1 fully saturated rings. The molecule has 1 aromatic carbocycles. The summed E-state index contributed by atoms with van der Waals surface area (Å²) >= 11 is 0. The van der Waals surface area contributed by atoms with Crippen molar-refractivity contribution < 1.29 is 19.1 Å². The Kier molecular flexibility index (Phi) is 11.5. The number of nitrogens with zero attached hydrogens (tertiary/aromatic N) is 1. The maximum Gasteiger partial charge on any atom is 0.408 e. The van der Waals surface area contributed by atoms with Gasteiger partial charge in [-0.15, -0.1) is 0 Å². The van der Waals surface area contributed by atoms with Crippen molar-refractivity contribution in [3.63, 3.8) is 0 Å². The van der Waals surface area contributed by atoms with Gasteiger partial charge in [-0.3, -0.25) is 9.59 Å². The van der Waals surface area contributed by atoms with Gasteiger partial charge in [0.2, 0.25) is 11.8 Å². The normalized spacial score (nSPS) is 16.1. The number of rotatable bonds is 10. The summed E-state index contributed by atoms with van der Waals surface area (Å²) in [5, 5.41) is 6.06. The number of benzene rings is 1. The van der Waals surface area contributed by atoms with E-state index in [0.29, 0.717) is 19.4 Å². The van der Waals surface area contributed by atoms with Crippen molar-refractivity contribution in [2.24, 2.45) is 5.92 Å². The molecule has 1 aliphatic carbocycles. The van der Waals surface area contributed by atoms with Crippen LogP contribution in [-0.2, 0) is 14.3 Å². The van der Waals surface area contributed by atoms with E-state index in [1.165, 1.54) is 6.42 Å². The van der Waals surface area contributed by atoms with Crippen LogP contribution in [0, 0.1) is 19.8 Å². The van der Waals surface area contributed by atoms with E-state index >= 15 is 0 Å². The van der Waals surface area contributed by atoms with E-state index in [2.05, 4.69) is 10.6 Å². The minimum atomic E-state index is -0.794. The molecule has 0 aliphatic heterocycles. The third kappa shape index (κ3) is 9.67. The molecular formula is C30H49N3O4. The van der Waals surface area contributed by atoms with Crippen LogP contribution in [0.15, 0.2) is 18.2 Å². The van der Waals surface area contributed by atoms with Crippen LogP contribution in [0.4, 0.5) is 4.79 Å². The van der Waals surface area contributed by atoms with Crippen molar-refractivity contribution in [2.75, 3.05) is 6.54 Å². The number of amides is 3. The molecule has 0 saturated heterocycles. The zero-order valence-corrected chi connectivity index (χ0v) is 24.3. The van der Waals surface area contributed by atoms with Gasteiger partial charge in [-0.25, -0.2) is 4.79 Å². The van der Waals surface area contributed by atoms with Crippen LogP contribution in [0.2, 0.25) is 0 Å². The van der Waals surface area contributed by atoms with Gasteiger partial charge >= 0.3 is 6.09 Å². The highest BCUT2D eigenvalue weighted by Gasteiger charge is 2.37. The van der Waals surface area contributed by atoms with Crippen LogP contribution in [0.1, 0.15) is 109 Å². The van der Waals surface area contributed by atoms with Crippen LogP contribution in [0.5, 0.6) is 0 Å². The quantitative estimate of drug-likeness (QED) is 0.402. The summed E-state index contributed by atoms with van der Waals surface area (Å²) in [5.74, 6) is -0.260. The van der Waals surface area contributed by atoms with Crippen LogP contribution in [-0.4, -0.2) is 47.0 Å². The third-order valence-electron chi connectivity index (χ3n) is 6.80. The Morgan fingerprint density at radius 1 is 1.05 bits per heavy atom. The van der Waals surface area contributed by atoms with Crippen molar-refractivity contribution in [3.8, 4) is 0 Å². The first-order valence-corrected chi connectivity index (χ1v) is 14.0. The van der Waals surface area contributed by atoms with E-state index in [4.69, 9.17) is 4.74 Å². The molecule has 0 heterocycles. The molecule has 3 amide bonds. The zero-order valence-electron chi connectivity index (χ0n) is 24.3. The molecule has 2 N–H and O–H groups in total. The topological polar surface area (TPSA) is 87.7 Å². The molecule has 1 saturated carbocycles. The number of ether oxygens (including phenoxy) is 1. The van der Waals surface area contributed by atoms with E-state index in [-0.39, 0.29) is 23.8 Å². The molecule has 1 aromatic rings. The molecule has 37 heavy (non-hydrogen) atoms. The summed E-state index contributed by atoms with van der Waals surface area (Å²) in [4.78, 5) is 42.3. The van der Waals surface area contributed by atoms with Crippen molar-refractivity contribution in [2.45, 2.75) is 124 Å². The molecule has 2 atom stereocenters. The number of carbonyl (C=O) groups excluding carboxylic acids is 3. The lowest BCUT2D eigenvalue weighted by molar-refractivity contribution is -0.143. The van der Waals surface area contributed by atoms with Crippen molar-refractivity contribution >= 4 is 17.9 Å². The van der Waals surface area contributed by atoms with Gasteiger partial charge in [0, 0.05) is 12.6 Å². The number of hydrogen-bond acceptors (Lipinski definition) is 4. The van der Waals surface area contributed by atoms with E-state index < -0.39 is 23.8 Å². The number of aryl methyl sites for hydroxylation is 2. The van der Waals surface area contributed by atoms with Crippen LogP contribution >= 0.6 is 0 Å². The number of alkyl carbamates (subject to hydrolysis) is 1. The predicted octanol–water partition coefficient (Wildman–Crippen LogP) is 5.97. The van der Waals surface area contributed by atoms with Crippen LogP contribution in [0.25, 0.3) is 0 Å². The second-order valence-corrected chi connectivity index (χ2v) is 11.9. The van der Waals surface area contributed by atoms with E-state index in [1.807, 2.05) is 52.8 Å². The fourth-order valence-corrected chi connectivity index (χ4v) is 4.88. The first-order chi connectivity index (χ1) is 17.3.